The molecule has 1 amide bonds. The van der Waals surface area contributed by atoms with E-state index in [9.17, 15) is 9.59 Å². The average molecular weight is 346 g/mol. The van der Waals surface area contributed by atoms with Crippen molar-refractivity contribution in [2.24, 2.45) is 0 Å². The predicted molar refractivity (Wildman–Crippen MR) is 77.1 cm³/mol. The van der Waals surface area contributed by atoms with Crippen LogP contribution in [0.5, 0.6) is 0 Å². The van der Waals surface area contributed by atoms with Crippen LogP contribution in [0.2, 0.25) is 0 Å². The molecular weight excluding hydrogens is 330 g/mol. The fourth-order valence-electron chi connectivity index (χ4n) is 1.98. The van der Waals surface area contributed by atoms with Gasteiger partial charge < -0.3 is 10.1 Å². The third-order valence-electron chi connectivity index (χ3n) is 2.99. The third-order valence-corrected chi connectivity index (χ3v) is 4.55. The van der Waals surface area contributed by atoms with Gasteiger partial charge in [0.2, 0.25) is 5.91 Å². The molecule has 0 radical (unpaired) electrons. The van der Waals surface area contributed by atoms with Crippen LogP contribution in [0.25, 0.3) is 0 Å². The van der Waals surface area contributed by atoms with Gasteiger partial charge in [-0.1, -0.05) is 0 Å². The van der Waals surface area contributed by atoms with Crippen LogP contribution in [0.1, 0.15) is 31.2 Å². The summed E-state index contributed by atoms with van der Waals surface area (Å²) in [4.78, 5) is 22.9. The second-order valence-electron chi connectivity index (χ2n) is 4.57. The van der Waals surface area contributed by atoms with Gasteiger partial charge in [0.15, 0.2) is 0 Å². The molecule has 1 unspecified atom stereocenters. The first kappa shape index (κ1) is 14.5. The number of esters is 1. The summed E-state index contributed by atoms with van der Waals surface area (Å²) in [6, 6.07) is 2.02. The molecule has 2 heterocycles. The van der Waals surface area contributed by atoms with Crippen molar-refractivity contribution >= 4 is 39.1 Å². The summed E-state index contributed by atoms with van der Waals surface area (Å²) < 4.78 is 6.46. The van der Waals surface area contributed by atoms with Crippen LogP contribution < -0.4 is 5.32 Å². The van der Waals surface area contributed by atoms with Crippen LogP contribution in [-0.4, -0.2) is 24.5 Å². The zero-order valence-corrected chi connectivity index (χ0v) is 12.9. The number of nitrogens with one attached hydrogen (secondary N) is 1. The normalized spacial score (nSPS) is 19.6. The van der Waals surface area contributed by atoms with Gasteiger partial charge in [0.25, 0.3) is 0 Å². The highest BCUT2D eigenvalue weighted by molar-refractivity contribution is 9.11. The van der Waals surface area contributed by atoms with Gasteiger partial charge in [-0.05, 0) is 52.2 Å². The minimum Gasteiger partial charge on any atom is -0.460 e. The number of carbonyl (C=O) groups excluding carboxylic acids is 2. The summed E-state index contributed by atoms with van der Waals surface area (Å²) in [7, 11) is 0. The van der Waals surface area contributed by atoms with Crippen LogP contribution >= 0.6 is 27.3 Å². The number of hydrogen-bond acceptors (Lipinski definition) is 4. The van der Waals surface area contributed by atoms with Gasteiger partial charge in [-0.25, -0.2) is 0 Å². The molecule has 19 heavy (non-hydrogen) atoms. The topological polar surface area (TPSA) is 55.4 Å². The number of ether oxygens (including phenoxy) is 1. The molecule has 1 N–H and O–H groups in total. The molecule has 104 valence electrons. The Morgan fingerprint density at radius 2 is 2.42 bits per heavy atom. The Kier molecular flexibility index (Phi) is 5.39. The minimum atomic E-state index is -0.191. The standard InChI is InChI=1S/C13H16BrNO3S/c14-11-6-9(8-19-11)4-5-13(17)18-10-2-1-3-12(16)15-7-10/h6,8,10H,1-5,7H2,(H,15,16). The molecule has 0 aliphatic carbocycles. The summed E-state index contributed by atoms with van der Waals surface area (Å²) in [5.41, 5.74) is 1.14. The van der Waals surface area contributed by atoms with Crippen LogP contribution in [0.15, 0.2) is 15.2 Å². The lowest BCUT2D eigenvalue weighted by atomic mass is 10.1. The maximum absolute atomic E-state index is 11.7. The van der Waals surface area contributed by atoms with Crippen molar-refractivity contribution in [1.29, 1.82) is 0 Å². The lowest BCUT2D eigenvalue weighted by Gasteiger charge is -2.15. The summed E-state index contributed by atoms with van der Waals surface area (Å²) in [5, 5.41) is 4.79. The quantitative estimate of drug-likeness (QED) is 0.853. The molecule has 1 saturated heterocycles. The molecule has 0 bridgehead atoms. The van der Waals surface area contributed by atoms with Crippen molar-refractivity contribution in [3.05, 3.63) is 20.8 Å². The minimum absolute atomic E-state index is 0.0432. The van der Waals surface area contributed by atoms with E-state index in [0.717, 1.165) is 22.2 Å². The smallest absolute Gasteiger partial charge is 0.306 e. The van der Waals surface area contributed by atoms with Gasteiger partial charge in [0.1, 0.15) is 6.10 Å². The van der Waals surface area contributed by atoms with Crippen molar-refractivity contribution in [2.75, 3.05) is 6.54 Å². The van der Waals surface area contributed by atoms with Gasteiger partial charge >= 0.3 is 5.97 Å². The first-order valence-electron chi connectivity index (χ1n) is 6.32. The Morgan fingerprint density at radius 1 is 1.58 bits per heavy atom. The van der Waals surface area contributed by atoms with Crippen molar-refractivity contribution in [3.8, 4) is 0 Å². The van der Waals surface area contributed by atoms with Gasteiger partial charge in [0, 0.05) is 12.8 Å². The highest BCUT2D eigenvalue weighted by Crippen LogP contribution is 2.21. The van der Waals surface area contributed by atoms with E-state index in [0.29, 0.717) is 25.8 Å². The van der Waals surface area contributed by atoms with Crippen LogP contribution in [0.4, 0.5) is 0 Å². The molecular formula is C13H16BrNO3S. The van der Waals surface area contributed by atoms with E-state index in [1.807, 2.05) is 11.4 Å². The molecule has 6 heteroatoms. The monoisotopic (exact) mass is 345 g/mol. The summed E-state index contributed by atoms with van der Waals surface area (Å²) in [6.45, 7) is 0.439. The molecule has 1 aromatic heterocycles. The molecule has 0 aromatic carbocycles. The number of hydrogen-bond donors (Lipinski definition) is 1. The number of carbonyl (C=O) groups is 2. The van der Waals surface area contributed by atoms with E-state index in [2.05, 4.69) is 21.2 Å². The Labute approximate surface area is 124 Å². The third kappa shape index (κ3) is 4.95. The van der Waals surface area contributed by atoms with Gasteiger partial charge in [-0.2, -0.15) is 0 Å². The molecule has 1 fully saturated rings. The SMILES string of the molecule is O=C1CCCC(OC(=O)CCc2csc(Br)c2)CN1. The largest absolute Gasteiger partial charge is 0.460 e. The number of halogens is 1. The molecule has 1 atom stereocenters. The van der Waals surface area contributed by atoms with Crippen LogP contribution in [-0.2, 0) is 20.7 Å². The van der Waals surface area contributed by atoms with Crippen LogP contribution in [0, 0.1) is 0 Å². The number of thiophene rings is 1. The summed E-state index contributed by atoms with van der Waals surface area (Å²) >= 11 is 5.01. The molecule has 4 nitrogen and oxygen atoms in total. The van der Waals surface area contributed by atoms with E-state index in [4.69, 9.17) is 4.74 Å². The zero-order chi connectivity index (χ0) is 13.7. The Bertz CT molecular complexity index is 460. The first-order valence-corrected chi connectivity index (χ1v) is 8.00. The van der Waals surface area contributed by atoms with Crippen molar-refractivity contribution < 1.29 is 14.3 Å². The van der Waals surface area contributed by atoms with Crippen LogP contribution in [0.3, 0.4) is 0 Å². The maximum Gasteiger partial charge on any atom is 0.306 e. The van der Waals surface area contributed by atoms with Gasteiger partial charge in [-0.15, -0.1) is 11.3 Å². The molecule has 1 aromatic rings. The van der Waals surface area contributed by atoms with E-state index in [-0.39, 0.29) is 18.0 Å². The van der Waals surface area contributed by atoms with E-state index in [1.54, 1.807) is 11.3 Å². The van der Waals surface area contributed by atoms with Crippen molar-refractivity contribution in [2.45, 2.75) is 38.2 Å². The van der Waals surface area contributed by atoms with Crippen molar-refractivity contribution in [1.82, 2.24) is 5.32 Å². The number of rotatable bonds is 4. The molecule has 0 saturated carbocycles. The first-order chi connectivity index (χ1) is 9.13. The fraction of sp³-hybridized carbons (Fsp3) is 0.538. The average Bonchev–Trinajstić information content (AvgIpc) is 2.68. The molecule has 2 rings (SSSR count). The lowest BCUT2D eigenvalue weighted by Crippen LogP contribution is -2.31. The Morgan fingerprint density at radius 3 is 3.16 bits per heavy atom. The molecule has 1 aliphatic rings. The molecule has 0 spiro atoms. The fourth-order valence-corrected chi connectivity index (χ4v) is 3.22. The second-order valence-corrected chi connectivity index (χ2v) is 6.86. The lowest BCUT2D eigenvalue weighted by molar-refractivity contribution is -0.149. The van der Waals surface area contributed by atoms with E-state index < -0.39 is 0 Å². The van der Waals surface area contributed by atoms with Gasteiger partial charge in [-0.3, -0.25) is 9.59 Å². The zero-order valence-electron chi connectivity index (χ0n) is 10.5. The number of aryl methyl sites for hydroxylation is 1. The van der Waals surface area contributed by atoms with E-state index >= 15 is 0 Å². The maximum atomic E-state index is 11.7. The van der Waals surface area contributed by atoms with Crippen molar-refractivity contribution in [3.63, 3.8) is 0 Å². The van der Waals surface area contributed by atoms with E-state index in [1.165, 1.54) is 0 Å². The predicted octanol–water partition coefficient (Wildman–Crippen LogP) is 2.66. The highest BCUT2D eigenvalue weighted by atomic mass is 79.9. The Balaban J connectivity index is 1.73. The van der Waals surface area contributed by atoms with Gasteiger partial charge in [0.05, 0.1) is 10.3 Å². The second kappa shape index (κ2) is 7.05. The summed E-state index contributed by atoms with van der Waals surface area (Å²) in [6.07, 6.45) is 2.97. The molecule has 1 aliphatic heterocycles. The Hall–Kier alpha value is -0.880. The highest BCUT2D eigenvalue weighted by Gasteiger charge is 2.19. The summed E-state index contributed by atoms with van der Waals surface area (Å²) in [5.74, 6) is -0.148. The number of amides is 1.